The summed E-state index contributed by atoms with van der Waals surface area (Å²) in [6, 6.07) is 24.1. The zero-order valence-corrected chi connectivity index (χ0v) is 38.4. The van der Waals surface area contributed by atoms with E-state index in [1.165, 1.54) is 0 Å². The Balaban J connectivity index is 0. The molecule has 0 amide bonds. The van der Waals surface area contributed by atoms with Gasteiger partial charge in [-0.1, -0.05) is 47.5 Å². The number of carbonyl (C=O) groups is 2. The fourth-order valence-electron chi connectivity index (χ4n) is 6.23. The molecule has 2 fully saturated rings. The first-order chi connectivity index (χ1) is 20.5. The van der Waals surface area contributed by atoms with Crippen LogP contribution in [0.5, 0.6) is 0 Å². The molecule has 0 radical (unpaired) electrons. The predicted octanol–water partition coefficient (Wildman–Crippen LogP) is -13.1. The Morgan fingerprint density at radius 3 is 1.28 bits per heavy atom. The molecule has 2 aliphatic rings. The number of halogens is 6. The molecule has 16 heteroatoms. The van der Waals surface area contributed by atoms with Crippen LogP contribution in [0, 0.1) is 0 Å². The smallest absolute Gasteiger partial charge is 1.00 e. The maximum atomic E-state index is 12.9. The number of hydrogen-bond acceptors (Lipinski definition) is 6. The van der Waals surface area contributed by atoms with Crippen LogP contribution < -0.4 is 98.8 Å². The first kappa shape index (κ1) is 51.5. The summed E-state index contributed by atoms with van der Waals surface area (Å²) in [4.78, 5) is 40.2. The summed E-state index contributed by atoms with van der Waals surface area (Å²) < 4.78 is 0. The molecule has 2 aliphatic heterocycles. The van der Waals surface area contributed by atoms with Crippen LogP contribution in [0.25, 0.3) is 21.5 Å². The van der Waals surface area contributed by atoms with E-state index in [4.69, 9.17) is 0 Å². The van der Waals surface area contributed by atoms with E-state index in [0.29, 0.717) is 12.8 Å². The monoisotopic (exact) mass is 1080 g/mol. The van der Waals surface area contributed by atoms with Gasteiger partial charge < -0.3 is 118 Å². The maximum Gasteiger partial charge on any atom is 4.00 e. The summed E-state index contributed by atoms with van der Waals surface area (Å²) in [7, 11) is 0. The van der Waals surface area contributed by atoms with Gasteiger partial charge >= 0.3 is 52.4 Å². The summed E-state index contributed by atoms with van der Waals surface area (Å²) in [6.45, 7) is 1.78. The third kappa shape index (κ3) is 10.8. The number of hydrogen-bond donors (Lipinski definition) is 4. The van der Waals surface area contributed by atoms with E-state index in [1.807, 2.05) is 72.8 Å². The molecule has 0 unspecified atom stereocenters. The SMILES string of the molecule is O=C(c1cc2ccccc2[cH-]1)[C@@]1(Cc2cnc[nH]2)CCN1.O=C(c1cc2ccccc2[cH-]1)[C@@]1(Cc2cnc[nH]2)CCN1.[Br-].[Br-].[Br-].[Cl-].[Cl-].[Cl-].[Zr+4].[Zr+4]. The number of ketones is 2. The number of benzene rings is 2. The maximum absolute atomic E-state index is 12.9. The van der Waals surface area contributed by atoms with Gasteiger partial charge in [-0.25, -0.2) is 9.97 Å². The standard InChI is InChI=1S/2C17H16N3O.3BrH.3ClH.2Zr/c2*21-16(14-7-12-3-1-2-4-13(12)8-14)17(5-6-20-17)9-15-10-18-11-19-15;;;;;;;;/h2*1-4,7-8,10-11,20H,5-6,9H2,(H,18,19);6*1H;;/q2*-1;;;;;;;2*+4/p-6/t2*17-;;;;;;;;/m00......../s1. The molecule has 0 aliphatic carbocycles. The minimum atomic E-state index is -0.475. The molecule has 8 nitrogen and oxygen atoms in total. The quantitative estimate of drug-likeness (QED) is 0.0891. The van der Waals surface area contributed by atoms with Gasteiger partial charge in [0.25, 0.3) is 0 Å². The van der Waals surface area contributed by atoms with E-state index < -0.39 is 11.1 Å². The van der Waals surface area contributed by atoms with Crippen molar-refractivity contribution in [1.82, 2.24) is 30.6 Å². The normalized spacial score (nSPS) is 17.9. The molecule has 6 aromatic rings. The Morgan fingerprint density at radius 1 is 0.640 bits per heavy atom. The topological polar surface area (TPSA) is 116 Å². The van der Waals surface area contributed by atoms with Crippen LogP contribution in [0.3, 0.4) is 0 Å². The Hall–Kier alpha value is -0.584. The van der Waals surface area contributed by atoms with E-state index in [0.717, 1.165) is 70.0 Å². The average Bonchev–Trinajstić information content (AvgIpc) is 3.78. The van der Waals surface area contributed by atoms with Crippen molar-refractivity contribution in [2.24, 2.45) is 0 Å². The number of fused-ring (bicyclic) bond motifs is 2. The summed E-state index contributed by atoms with van der Waals surface area (Å²) >= 11 is 0. The number of aromatic amines is 2. The number of nitrogens with one attached hydrogen (secondary N) is 4. The van der Waals surface area contributed by atoms with E-state index in [1.54, 1.807) is 25.0 Å². The van der Waals surface area contributed by atoms with Gasteiger partial charge in [-0.2, -0.15) is 0 Å². The molecule has 0 spiro atoms. The second-order valence-corrected chi connectivity index (χ2v) is 11.4. The van der Waals surface area contributed by atoms with Gasteiger partial charge in [0.05, 0.1) is 23.7 Å². The van der Waals surface area contributed by atoms with E-state index in [9.17, 15) is 9.59 Å². The summed E-state index contributed by atoms with van der Waals surface area (Å²) in [5, 5.41) is 11.2. The van der Waals surface area contributed by atoms with Crippen molar-refractivity contribution in [2.75, 3.05) is 13.1 Å². The van der Waals surface area contributed by atoms with E-state index in [2.05, 4.69) is 30.6 Å². The second-order valence-electron chi connectivity index (χ2n) is 11.4. The van der Waals surface area contributed by atoms with Crippen molar-refractivity contribution >= 4 is 33.1 Å². The number of rotatable bonds is 8. The largest absolute Gasteiger partial charge is 4.00 e. The fraction of sp³-hybridized carbons (Fsp3) is 0.235. The Bertz CT molecular complexity index is 1680. The Kier molecular flexibility index (Phi) is 23.3. The van der Waals surface area contributed by atoms with Crippen LogP contribution in [-0.2, 0) is 65.2 Å². The molecule has 0 bridgehead atoms. The molecule has 4 N–H and O–H groups in total. The zero-order chi connectivity index (χ0) is 28.6. The molecule has 2 saturated heterocycles. The van der Waals surface area contributed by atoms with E-state index >= 15 is 0 Å². The summed E-state index contributed by atoms with van der Waals surface area (Å²) in [5.41, 5.74) is 2.62. The van der Waals surface area contributed by atoms with Crippen molar-refractivity contribution in [3.8, 4) is 0 Å². The molecular weight excluding hydrogens is 1050 g/mol. The van der Waals surface area contributed by atoms with Crippen LogP contribution in [0.1, 0.15) is 44.9 Å². The number of carbonyl (C=O) groups excluding carboxylic acids is 2. The molecule has 2 atom stereocenters. The third-order valence-electron chi connectivity index (χ3n) is 8.75. The minimum Gasteiger partial charge on any atom is -1.00 e. The average molecular weight is 1090 g/mol. The van der Waals surface area contributed by atoms with Crippen molar-refractivity contribution in [3.63, 3.8) is 0 Å². The molecule has 4 aromatic carbocycles. The number of H-pyrrole nitrogens is 2. The number of nitrogens with zero attached hydrogens (tertiary/aromatic N) is 2. The van der Waals surface area contributed by atoms with Crippen molar-refractivity contribution in [2.45, 2.75) is 36.8 Å². The van der Waals surface area contributed by atoms with Gasteiger partial charge in [0.15, 0.2) is 0 Å². The number of Topliss-reactive ketones (excluding diaryl/α,β-unsaturated/α-hetero) is 2. The number of aromatic nitrogens is 4. The van der Waals surface area contributed by atoms with Crippen LogP contribution in [0.2, 0.25) is 0 Å². The van der Waals surface area contributed by atoms with Crippen molar-refractivity contribution in [1.29, 1.82) is 0 Å². The molecule has 8 rings (SSSR count). The van der Waals surface area contributed by atoms with Gasteiger partial charge in [0.2, 0.25) is 0 Å². The van der Waals surface area contributed by atoms with E-state index in [-0.39, 0.29) is 152 Å². The molecule has 260 valence electrons. The zero-order valence-electron chi connectivity index (χ0n) is 26.5. The second kappa shape index (κ2) is 22.6. The summed E-state index contributed by atoms with van der Waals surface area (Å²) in [6.07, 6.45) is 9.94. The fourth-order valence-corrected chi connectivity index (χ4v) is 6.23. The van der Waals surface area contributed by atoms with Gasteiger partial charge in [-0.15, -0.1) is 57.9 Å². The molecule has 2 aromatic heterocycles. The van der Waals surface area contributed by atoms with Gasteiger partial charge in [-0.05, 0) is 25.9 Å². The van der Waals surface area contributed by atoms with Crippen LogP contribution >= 0.6 is 0 Å². The third-order valence-corrected chi connectivity index (χ3v) is 8.75. The number of imidazole rings is 2. The van der Waals surface area contributed by atoms with Gasteiger partial charge in [-0.3, -0.25) is 0 Å². The van der Waals surface area contributed by atoms with Crippen LogP contribution in [0.15, 0.2) is 97.8 Å². The molecule has 50 heavy (non-hydrogen) atoms. The Labute approximate surface area is 379 Å². The van der Waals surface area contributed by atoms with Gasteiger partial charge in [0.1, 0.15) is 11.6 Å². The minimum absolute atomic E-state index is 0. The Morgan fingerprint density at radius 2 is 1.00 bits per heavy atom. The van der Waals surface area contributed by atoms with Crippen molar-refractivity contribution in [3.05, 3.63) is 120 Å². The molecule has 0 saturated carbocycles. The molecule has 4 heterocycles. The van der Waals surface area contributed by atoms with Crippen LogP contribution in [0.4, 0.5) is 0 Å². The first-order valence-corrected chi connectivity index (χ1v) is 14.4. The first-order valence-electron chi connectivity index (χ1n) is 14.4. The molecular formula is C34H32Br3Cl3N6O2Zr2. The van der Waals surface area contributed by atoms with Crippen LogP contribution in [-0.4, -0.2) is 55.7 Å². The van der Waals surface area contributed by atoms with Crippen molar-refractivity contribution < 1.29 is 150 Å². The van der Waals surface area contributed by atoms with Gasteiger partial charge in [0, 0.05) is 36.6 Å². The predicted molar refractivity (Wildman–Crippen MR) is 163 cm³/mol. The summed E-state index contributed by atoms with van der Waals surface area (Å²) in [5.74, 6) is 0.360.